The summed E-state index contributed by atoms with van der Waals surface area (Å²) in [5.74, 6) is -1.40. The molecule has 2 amide bonds. The number of hydrogen-bond donors (Lipinski definition) is 3. The first-order valence-corrected chi connectivity index (χ1v) is 8.70. The predicted octanol–water partition coefficient (Wildman–Crippen LogP) is 3.37. The summed E-state index contributed by atoms with van der Waals surface area (Å²) in [7, 11) is 0. The third kappa shape index (κ3) is 6.28. The Bertz CT molecular complexity index is 863. The van der Waals surface area contributed by atoms with Gasteiger partial charge in [-0.2, -0.15) is 13.2 Å². The van der Waals surface area contributed by atoms with Crippen LogP contribution in [0.1, 0.15) is 15.9 Å². The summed E-state index contributed by atoms with van der Waals surface area (Å²) in [4.78, 5) is 27.4. The van der Waals surface area contributed by atoms with Gasteiger partial charge in [-0.25, -0.2) is 4.98 Å². The van der Waals surface area contributed by atoms with Crippen molar-refractivity contribution in [1.82, 2.24) is 15.6 Å². The van der Waals surface area contributed by atoms with Crippen molar-refractivity contribution in [2.45, 2.75) is 6.18 Å². The maximum Gasteiger partial charge on any atom is 0.419 e. The van der Waals surface area contributed by atoms with Gasteiger partial charge in [0, 0.05) is 24.3 Å². The van der Waals surface area contributed by atoms with Gasteiger partial charge in [0.05, 0.1) is 22.7 Å². The number of benzene rings is 1. The predicted molar refractivity (Wildman–Crippen MR) is 99.5 cm³/mol. The van der Waals surface area contributed by atoms with Crippen LogP contribution in [0.3, 0.4) is 0 Å². The third-order valence-electron chi connectivity index (χ3n) is 3.44. The largest absolute Gasteiger partial charge is 0.419 e. The number of hydrogen-bond acceptors (Lipinski definition) is 4. The monoisotopic (exact) mass is 434 g/mol. The average molecular weight is 435 g/mol. The fourth-order valence-electron chi connectivity index (χ4n) is 2.15. The molecule has 3 N–H and O–H groups in total. The van der Waals surface area contributed by atoms with Gasteiger partial charge in [-0.1, -0.05) is 23.2 Å². The van der Waals surface area contributed by atoms with E-state index in [-0.39, 0.29) is 36.0 Å². The number of anilines is 1. The van der Waals surface area contributed by atoms with Crippen LogP contribution in [0.5, 0.6) is 0 Å². The average Bonchev–Trinajstić information content (AvgIpc) is 2.63. The highest BCUT2D eigenvalue weighted by Crippen LogP contribution is 2.33. The van der Waals surface area contributed by atoms with Crippen molar-refractivity contribution in [2.75, 3.05) is 25.0 Å². The Hall–Kier alpha value is -2.52. The Labute approximate surface area is 168 Å². The summed E-state index contributed by atoms with van der Waals surface area (Å²) in [5.41, 5.74) is -0.733. The third-order valence-corrected chi connectivity index (χ3v) is 3.99. The van der Waals surface area contributed by atoms with Crippen molar-refractivity contribution >= 4 is 40.8 Å². The van der Waals surface area contributed by atoms with Crippen molar-refractivity contribution in [1.29, 1.82) is 0 Å². The molecule has 0 bridgehead atoms. The SMILES string of the molecule is O=C(CNC(=O)c1ccc(Cl)cc1Cl)NCCNc1ncccc1C(F)(F)F. The lowest BCUT2D eigenvalue weighted by Crippen LogP contribution is -2.38. The van der Waals surface area contributed by atoms with Gasteiger partial charge in [-0.05, 0) is 30.3 Å². The van der Waals surface area contributed by atoms with Crippen LogP contribution in [0.25, 0.3) is 0 Å². The van der Waals surface area contributed by atoms with Gasteiger partial charge < -0.3 is 16.0 Å². The first kappa shape index (κ1) is 21.8. The smallest absolute Gasteiger partial charge is 0.368 e. The van der Waals surface area contributed by atoms with Crippen LogP contribution in [-0.4, -0.2) is 36.4 Å². The first-order valence-electron chi connectivity index (χ1n) is 7.94. The van der Waals surface area contributed by atoms with E-state index in [1.807, 2.05) is 0 Å². The minimum atomic E-state index is -4.53. The summed E-state index contributed by atoms with van der Waals surface area (Å²) in [6.07, 6.45) is -3.30. The summed E-state index contributed by atoms with van der Waals surface area (Å²) in [6.45, 7) is -0.276. The molecule has 2 rings (SSSR count). The molecule has 1 heterocycles. The number of amides is 2. The Balaban J connectivity index is 1.76. The van der Waals surface area contributed by atoms with Crippen molar-refractivity contribution < 1.29 is 22.8 Å². The second-order valence-corrected chi connectivity index (χ2v) is 6.32. The van der Waals surface area contributed by atoms with Crippen LogP contribution in [-0.2, 0) is 11.0 Å². The fourth-order valence-corrected chi connectivity index (χ4v) is 2.64. The zero-order valence-corrected chi connectivity index (χ0v) is 15.8. The lowest BCUT2D eigenvalue weighted by Gasteiger charge is -2.13. The molecule has 0 fully saturated rings. The van der Waals surface area contributed by atoms with E-state index in [9.17, 15) is 22.8 Å². The quantitative estimate of drug-likeness (QED) is 0.583. The van der Waals surface area contributed by atoms with Gasteiger partial charge in [-0.15, -0.1) is 0 Å². The normalized spacial score (nSPS) is 11.0. The van der Waals surface area contributed by atoms with E-state index in [1.165, 1.54) is 30.5 Å². The second kappa shape index (κ2) is 9.61. The number of nitrogens with one attached hydrogen (secondary N) is 3. The van der Waals surface area contributed by atoms with E-state index in [4.69, 9.17) is 23.2 Å². The number of carbonyl (C=O) groups is 2. The summed E-state index contributed by atoms with van der Waals surface area (Å²) in [5, 5.41) is 7.88. The van der Waals surface area contributed by atoms with Crippen LogP contribution in [0.4, 0.5) is 19.0 Å². The summed E-state index contributed by atoms with van der Waals surface area (Å²) in [6, 6.07) is 6.40. The van der Waals surface area contributed by atoms with E-state index >= 15 is 0 Å². The molecule has 0 saturated carbocycles. The molecule has 0 atom stereocenters. The highest BCUT2D eigenvalue weighted by molar-refractivity contribution is 6.36. The lowest BCUT2D eigenvalue weighted by molar-refractivity contribution is -0.137. The van der Waals surface area contributed by atoms with Crippen LogP contribution in [0, 0.1) is 0 Å². The molecule has 150 valence electrons. The maximum absolute atomic E-state index is 12.8. The van der Waals surface area contributed by atoms with Crippen molar-refractivity contribution in [3.8, 4) is 0 Å². The molecule has 6 nitrogen and oxygen atoms in total. The number of alkyl halides is 3. The Morgan fingerprint density at radius 1 is 1.07 bits per heavy atom. The van der Waals surface area contributed by atoms with Gasteiger partial charge in [0.2, 0.25) is 5.91 Å². The molecule has 0 saturated heterocycles. The van der Waals surface area contributed by atoms with Gasteiger partial charge >= 0.3 is 6.18 Å². The Morgan fingerprint density at radius 2 is 1.82 bits per heavy atom. The number of rotatable bonds is 7. The molecular formula is C17H15Cl2F3N4O2. The second-order valence-electron chi connectivity index (χ2n) is 5.48. The molecule has 0 radical (unpaired) electrons. The number of pyridine rings is 1. The maximum atomic E-state index is 12.8. The van der Waals surface area contributed by atoms with Gasteiger partial charge in [0.25, 0.3) is 5.91 Å². The van der Waals surface area contributed by atoms with E-state index in [0.29, 0.717) is 5.02 Å². The van der Waals surface area contributed by atoms with Crippen LogP contribution < -0.4 is 16.0 Å². The zero-order chi connectivity index (χ0) is 20.7. The van der Waals surface area contributed by atoms with E-state index in [2.05, 4.69) is 20.9 Å². The standard InChI is InChI=1S/C17H15Cl2F3N4O2/c18-10-3-4-11(13(19)8-10)16(28)26-9-14(27)23-6-7-25-15-12(17(20,21)22)2-1-5-24-15/h1-5,8H,6-7,9H2,(H,23,27)(H,24,25)(H,26,28). The number of nitrogens with zero attached hydrogens (tertiary/aromatic N) is 1. The molecule has 1 aromatic heterocycles. The minimum Gasteiger partial charge on any atom is -0.368 e. The van der Waals surface area contributed by atoms with Crippen molar-refractivity contribution in [3.05, 3.63) is 57.7 Å². The number of carbonyl (C=O) groups excluding carboxylic acids is 2. The highest BCUT2D eigenvalue weighted by Gasteiger charge is 2.33. The molecular weight excluding hydrogens is 420 g/mol. The van der Waals surface area contributed by atoms with Crippen molar-refractivity contribution in [2.24, 2.45) is 0 Å². The molecule has 2 aromatic rings. The minimum absolute atomic E-state index is 0.0167. The topological polar surface area (TPSA) is 83.1 Å². The van der Waals surface area contributed by atoms with Crippen LogP contribution in [0.2, 0.25) is 10.0 Å². The number of aromatic nitrogens is 1. The van der Waals surface area contributed by atoms with Gasteiger partial charge in [-0.3, -0.25) is 9.59 Å². The lowest BCUT2D eigenvalue weighted by atomic mass is 10.2. The van der Waals surface area contributed by atoms with Crippen LogP contribution >= 0.6 is 23.2 Å². The van der Waals surface area contributed by atoms with Crippen LogP contribution in [0.15, 0.2) is 36.5 Å². The summed E-state index contributed by atoms with van der Waals surface area (Å²) < 4.78 is 38.5. The van der Waals surface area contributed by atoms with Gasteiger partial charge in [0.15, 0.2) is 0 Å². The molecule has 28 heavy (non-hydrogen) atoms. The van der Waals surface area contributed by atoms with E-state index < -0.39 is 23.6 Å². The van der Waals surface area contributed by atoms with Gasteiger partial charge in [0.1, 0.15) is 5.82 Å². The fraction of sp³-hybridized carbons (Fsp3) is 0.235. The Kier molecular flexibility index (Phi) is 7.47. The molecule has 1 aromatic carbocycles. The number of halogens is 5. The Morgan fingerprint density at radius 3 is 2.50 bits per heavy atom. The molecule has 0 spiro atoms. The molecule has 0 unspecified atom stereocenters. The van der Waals surface area contributed by atoms with Crippen molar-refractivity contribution in [3.63, 3.8) is 0 Å². The molecule has 0 aliphatic carbocycles. The van der Waals surface area contributed by atoms with E-state index in [1.54, 1.807) is 0 Å². The zero-order valence-electron chi connectivity index (χ0n) is 14.2. The molecule has 0 aliphatic rings. The highest BCUT2D eigenvalue weighted by atomic mass is 35.5. The van der Waals surface area contributed by atoms with E-state index in [0.717, 1.165) is 6.07 Å². The molecule has 11 heteroatoms. The summed E-state index contributed by atoms with van der Waals surface area (Å²) >= 11 is 11.7. The molecule has 0 aliphatic heterocycles. The first-order chi connectivity index (χ1) is 13.2.